The minimum Gasteiger partial charge on any atom is -0.393 e. The fraction of sp³-hybridized carbons (Fsp3) is 0.917. The predicted octanol–water partition coefficient (Wildman–Crippen LogP) is 1.31. The van der Waals surface area contributed by atoms with Crippen LogP contribution < -0.4 is 5.32 Å². The molecule has 0 saturated heterocycles. The van der Waals surface area contributed by atoms with E-state index in [1.807, 2.05) is 0 Å². The molecule has 2 aliphatic rings. The van der Waals surface area contributed by atoms with Crippen molar-refractivity contribution in [2.45, 2.75) is 45.6 Å². The second kappa shape index (κ2) is 3.78. The van der Waals surface area contributed by atoms with Gasteiger partial charge in [-0.2, -0.15) is 0 Å². The summed E-state index contributed by atoms with van der Waals surface area (Å²) in [6, 6.07) is 0. The third-order valence-electron chi connectivity index (χ3n) is 3.99. The van der Waals surface area contributed by atoms with E-state index in [1.165, 1.54) is 0 Å². The van der Waals surface area contributed by atoms with E-state index in [0.29, 0.717) is 6.54 Å². The Kier molecular flexibility index (Phi) is 2.75. The van der Waals surface area contributed by atoms with Gasteiger partial charge in [0.05, 0.1) is 6.10 Å². The van der Waals surface area contributed by atoms with E-state index in [-0.39, 0.29) is 29.3 Å². The van der Waals surface area contributed by atoms with Gasteiger partial charge in [-0.15, -0.1) is 0 Å². The predicted molar refractivity (Wildman–Crippen MR) is 58.2 cm³/mol. The largest absolute Gasteiger partial charge is 0.393 e. The van der Waals surface area contributed by atoms with Crippen LogP contribution in [0.4, 0.5) is 0 Å². The second-order valence-electron chi connectivity index (χ2n) is 5.75. The summed E-state index contributed by atoms with van der Waals surface area (Å²) >= 11 is 0. The van der Waals surface area contributed by atoms with Crippen molar-refractivity contribution in [2.24, 2.45) is 17.3 Å². The first-order valence-corrected chi connectivity index (χ1v) is 5.96. The van der Waals surface area contributed by atoms with Gasteiger partial charge < -0.3 is 10.4 Å². The van der Waals surface area contributed by atoms with Crippen LogP contribution in [0.3, 0.4) is 0 Å². The lowest BCUT2D eigenvalue weighted by molar-refractivity contribution is -0.123. The molecule has 0 bridgehead atoms. The lowest BCUT2D eigenvalue weighted by Crippen LogP contribution is -2.34. The van der Waals surface area contributed by atoms with Gasteiger partial charge in [0.1, 0.15) is 0 Å². The van der Waals surface area contributed by atoms with Gasteiger partial charge in [0.25, 0.3) is 0 Å². The van der Waals surface area contributed by atoms with Crippen LogP contribution in [0.1, 0.15) is 39.5 Å². The van der Waals surface area contributed by atoms with E-state index in [1.54, 1.807) is 0 Å². The van der Waals surface area contributed by atoms with Crippen molar-refractivity contribution in [3.63, 3.8) is 0 Å². The zero-order chi connectivity index (χ0) is 11.1. The summed E-state index contributed by atoms with van der Waals surface area (Å²) in [5.74, 6) is 0.672. The molecule has 1 amide bonds. The van der Waals surface area contributed by atoms with E-state index >= 15 is 0 Å². The molecule has 2 fully saturated rings. The highest BCUT2D eigenvalue weighted by Gasteiger charge is 2.50. The standard InChI is InChI=1S/C12H21NO2/c1-12(2)6-9(12)11(15)13-7-8-4-3-5-10(8)14/h8-10,14H,3-7H2,1-2H3,(H,13,15)/t8?,9-,10?/m1/s1. The van der Waals surface area contributed by atoms with Gasteiger partial charge in [0.2, 0.25) is 5.91 Å². The summed E-state index contributed by atoms with van der Waals surface area (Å²) in [7, 11) is 0. The molecular formula is C12H21NO2. The van der Waals surface area contributed by atoms with Gasteiger partial charge in [0, 0.05) is 18.4 Å². The SMILES string of the molecule is CC1(C)C[C@@H]1C(=O)NCC1CCCC1O. The van der Waals surface area contributed by atoms with Crippen molar-refractivity contribution in [1.82, 2.24) is 5.32 Å². The molecular weight excluding hydrogens is 190 g/mol. The number of carbonyl (C=O) groups is 1. The average molecular weight is 211 g/mol. The molecule has 0 spiro atoms. The fourth-order valence-corrected chi connectivity index (χ4v) is 2.53. The van der Waals surface area contributed by atoms with Crippen LogP contribution in [0.25, 0.3) is 0 Å². The molecule has 0 aliphatic heterocycles. The molecule has 15 heavy (non-hydrogen) atoms. The molecule has 3 atom stereocenters. The third-order valence-corrected chi connectivity index (χ3v) is 3.99. The number of nitrogens with one attached hydrogen (secondary N) is 1. The molecule has 2 N–H and O–H groups in total. The van der Waals surface area contributed by atoms with Gasteiger partial charge in [-0.1, -0.05) is 20.3 Å². The second-order valence-corrected chi connectivity index (χ2v) is 5.75. The first kappa shape index (κ1) is 10.9. The Morgan fingerprint density at radius 2 is 2.13 bits per heavy atom. The lowest BCUT2D eigenvalue weighted by Gasteiger charge is -2.15. The molecule has 2 rings (SSSR count). The first-order chi connectivity index (χ1) is 7.00. The Hall–Kier alpha value is -0.570. The summed E-state index contributed by atoms with van der Waals surface area (Å²) < 4.78 is 0. The number of carbonyl (C=O) groups excluding carboxylic acids is 1. The van der Waals surface area contributed by atoms with Crippen molar-refractivity contribution >= 4 is 5.91 Å². The van der Waals surface area contributed by atoms with Crippen molar-refractivity contribution in [3.8, 4) is 0 Å². The molecule has 0 aromatic heterocycles. The van der Waals surface area contributed by atoms with Crippen LogP contribution in [0.15, 0.2) is 0 Å². The minimum absolute atomic E-state index is 0.180. The molecule has 86 valence electrons. The van der Waals surface area contributed by atoms with Crippen LogP contribution >= 0.6 is 0 Å². The van der Waals surface area contributed by atoms with Crippen molar-refractivity contribution in [2.75, 3.05) is 6.54 Å². The van der Waals surface area contributed by atoms with Crippen LogP contribution in [-0.2, 0) is 4.79 Å². The smallest absolute Gasteiger partial charge is 0.223 e. The summed E-state index contributed by atoms with van der Waals surface area (Å²) in [4.78, 5) is 11.7. The molecule has 0 aromatic rings. The van der Waals surface area contributed by atoms with Gasteiger partial charge in [-0.3, -0.25) is 4.79 Å². The molecule has 2 unspecified atom stereocenters. The van der Waals surface area contributed by atoms with Gasteiger partial charge in [0.15, 0.2) is 0 Å². The van der Waals surface area contributed by atoms with Crippen molar-refractivity contribution in [1.29, 1.82) is 0 Å². The Morgan fingerprint density at radius 3 is 2.60 bits per heavy atom. The topological polar surface area (TPSA) is 49.3 Å². The van der Waals surface area contributed by atoms with Crippen LogP contribution in [-0.4, -0.2) is 23.7 Å². The maximum atomic E-state index is 11.7. The van der Waals surface area contributed by atoms with E-state index in [9.17, 15) is 9.90 Å². The summed E-state index contributed by atoms with van der Waals surface area (Å²) in [5, 5.41) is 12.6. The van der Waals surface area contributed by atoms with Crippen molar-refractivity contribution < 1.29 is 9.90 Å². The Balaban J connectivity index is 1.72. The number of aliphatic hydroxyl groups is 1. The lowest BCUT2D eigenvalue weighted by atomic mass is 10.1. The first-order valence-electron chi connectivity index (χ1n) is 5.96. The van der Waals surface area contributed by atoms with Crippen LogP contribution in [0, 0.1) is 17.3 Å². The van der Waals surface area contributed by atoms with Gasteiger partial charge >= 0.3 is 0 Å². The number of amides is 1. The molecule has 0 heterocycles. The number of hydrogen-bond donors (Lipinski definition) is 2. The highest BCUT2D eigenvalue weighted by atomic mass is 16.3. The third kappa shape index (κ3) is 2.33. The molecule has 2 aliphatic carbocycles. The molecule has 3 nitrogen and oxygen atoms in total. The maximum absolute atomic E-state index is 11.7. The Labute approximate surface area is 91.2 Å². The van der Waals surface area contributed by atoms with Gasteiger partial charge in [-0.05, 0) is 24.7 Å². The summed E-state index contributed by atoms with van der Waals surface area (Å²) in [6.07, 6.45) is 3.85. The zero-order valence-electron chi connectivity index (χ0n) is 9.62. The number of rotatable bonds is 3. The van der Waals surface area contributed by atoms with Crippen LogP contribution in [0.2, 0.25) is 0 Å². The maximum Gasteiger partial charge on any atom is 0.223 e. The van der Waals surface area contributed by atoms with Gasteiger partial charge in [-0.25, -0.2) is 0 Å². The molecule has 3 heteroatoms. The minimum atomic E-state index is -0.197. The fourth-order valence-electron chi connectivity index (χ4n) is 2.53. The van der Waals surface area contributed by atoms with Crippen molar-refractivity contribution in [3.05, 3.63) is 0 Å². The highest BCUT2D eigenvalue weighted by Crippen LogP contribution is 2.51. The number of hydrogen-bond acceptors (Lipinski definition) is 2. The van der Waals surface area contributed by atoms with Crippen LogP contribution in [0.5, 0.6) is 0 Å². The molecule has 0 aromatic carbocycles. The van der Waals surface area contributed by atoms with E-state index < -0.39 is 0 Å². The van der Waals surface area contributed by atoms with E-state index in [2.05, 4.69) is 19.2 Å². The molecule has 2 saturated carbocycles. The summed E-state index contributed by atoms with van der Waals surface area (Å²) in [6.45, 7) is 4.91. The Morgan fingerprint density at radius 1 is 1.47 bits per heavy atom. The van der Waals surface area contributed by atoms with E-state index in [4.69, 9.17) is 0 Å². The van der Waals surface area contributed by atoms with E-state index in [0.717, 1.165) is 25.7 Å². The zero-order valence-corrected chi connectivity index (χ0v) is 9.62. The highest BCUT2D eigenvalue weighted by molar-refractivity contribution is 5.82. The average Bonchev–Trinajstić information content (AvgIpc) is 2.61. The quantitative estimate of drug-likeness (QED) is 0.739. The monoisotopic (exact) mass is 211 g/mol. The Bertz CT molecular complexity index is 262. The summed E-state index contributed by atoms with van der Waals surface area (Å²) in [5.41, 5.74) is 0.207. The number of aliphatic hydroxyl groups excluding tert-OH is 1. The molecule has 0 radical (unpaired) electrons. The normalized spacial score (nSPS) is 37.7.